The molecule has 19 heavy (non-hydrogen) atoms. The Kier molecular flexibility index (Phi) is 4.31. The molecule has 1 saturated heterocycles. The van der Waals surface area contributed by atoms with Gasteiger partial charge in [-0.05, 0) is 38.0 Å². The van der Waals surface area contributed by atoms with Crippen LogP contribution >= 0.6 is 0 Å². The summed E-state index contributed by atoms with van der Waals surface area (Å²) in [6.07, 6.45) is 3.34. The van der Waals surface area contributed by atoms with Gasteiger partial charge in [-0.2, -0.15) is 0 Å². The smallest absolute Gasteiger partial charge is 0.229 e. The molecule has 1 fully saturated rings. The molecule has 1 heterocycles. The number of hydrogen-bond donors (Lipinski definition) is 2. The molecule has 0 radical (unpaired) electrons. The zero-order valence-corrected chi connectivity index (χ0v) is 12.0. The monoisotopic (exact) mass is 284 g/mol. The summed E-state index contributed by atoms with van der Waals surface area (Å²) in [5, 5.41) is 3.42. The molecule has 1 aromatic rings. The fraction of sp³-hybridized carbons (Fsp3) is 0.538. The molecule has 1 aliphatic heterocycles. The molecule has 0 spiro atoms. The Morgan fingerprint density at radius 1 is 1.32 bits per heavy atom. The van der Waals surface area contributed by atoms with E-state index in [1.807, 2.05) is 12.1 Å². The van der Waals surface area contributed by atoms with E-state index in [9.17, 15) is 8.42 Å². The second-order valence-electron chi connectivity index (χ2n) is 5.00. The maximum atomic E-state index is 11.2. The number of nitrogens with one attached hydrogen (secondary N) is 2. The Balaban J connectivity index is 2.02. The van der Waals surface area contributed by atoms with Crippen LogP contribution in [0, 0.1) is 0 Å². The number of anilines is 2. The quantitative estimate of drug-likeness (QED) is 0.888. The maximum absolute atomic E-state index is 11.2. The van der Waals surface area contributed by atoms with Crippen LogP contribution in [0.2, 0.25) is 0 Å². The van der Waals surface area contributed by atoms with Gasteiger partial charge in [-0.25, -0.2) is 8.42 Å². The molecule has 106 valence electrons. The Morgan fingerprint density at radius 3 is 2.74 bits per heavy atom. The van der Waals surface area contributed by atoms with Crippen molar-refractivity contribution in [1.29, 1.82) is 0 Å². The SMILES string of the molecule is CC1CC(Nc2cccc(NS(C)(=O)=O)c2)CCO1. The molecule has 2 unspecified atom stereocenters. The second kappa shape index (κ2) is 5.79. The molecule has 2 atom stereocenters. The molecule has 6 heteroatoms. The lowest BCUT2D eigenvalue weighted by atomic mass is 10.0. The molecule has 0 amide bonds. The van der Waals surface area contributed by atoms with Crippen LogP contribution in [0.15, 0.2) is 24.3 Å². The lowest BCUT2D eigenvalue weighted by Crippen LogP contribution is -2.32. The molecule has 2 rings (SSSR count). The van der Waals surface area contributed by atoms with E-state index in [0.29, 0.717) is 11.7 Å². The zero-order valence-electron chi connectivity index (χ0n) is 11.2. The van der Waals surface area contributed by atoms with Gasteiger partial charge in [0, 0.05) is 18.3 Å². The summed E-state index contributed by atoms with van der Waals surface area (Å²) in [6.45, 7) is 2.83. The predicted molar refractivity (Wildman–Crippen MR) is 77.0 cm³/mol. The molecule has 0 bridgehead atoms. The van der Waals surface area contributed by atoms with Gasteiger partial charge in [-0.15, -0.1) is 0 Å². The minimum atomic E-state index is -3.23. The molecule has 1 aromatic carbocycles. The summed E-state index contributed by atoms with van der Waals surface area (Å²) >= 11 is 0. The highest BCUT2D eigenvalue weighted by molar-refractivity contribution is 7.92. The maximum Gasteiger partial charge on any atom is 0.229 e. The first-order valence-electron chi connectivity index (χ1n) is 6.38. The van der Waals surface area contributed by atoms with Crippen LogP contribution in [0.5, 0.6) is 0 Å². The van der Waals surface area contributed by atoms with Crippen molar-refractivity contribution in [3.05, 3.63) is 24.3 Å². The van der Waals surface area contributed by atoms with Gasteiger partial charge in [-0.1, -0.05) is 6.07 Å². The molecule has 1 aliphatic rings. The molecule has 0 aromatic heterocycles. The van der Waals surface area contributed by atoms with Gasteiger partial charge >= 0.3 is 0 Å². The second-order valence-corrected chi connectivity index (χ2v) is 6.75. The van der Waals surface area contributed by atoms with Crippen LogP contribution in [0.1, 0.15) is 19.8 Å². The molecule has 0 aliphatic carbocycles. The summed E-state index contributed by atoms with van der Waals surface area (Å²) in [4.78, 5) is 0. The molecular formula is C13H20N2O3S. The fourth-order valence-corrected chi connectivity index (χ4v) is 2.81. The highest BCUT2D eigenvalue weighted by atomic mass is 32.2. The van der Waals surface area contributed by atoms with Crippen LogP contribution in [0.4, 0.5) is 11.4 Å². The van der Waals surface area contributed by atoms with Crippen molar-refractivity contribution in [2.45, 2.75) is 31.9 Å². The van der Waals surface area contributed by atoms with Gasteiger partial charge in [0.25, 0.3) is 0 Å². The normalized spacial score (nSPS) is 23.9. The number of rotatable bonds is 4. The summed E-state index contributed by atoms with van der Waals surface area (Å²) in [7, 11) is -3.23. The molecule has 0 saturated carbocycles. The van der Waals surface area contributed by atoms with Crippen LogP contribution in [0.3, 0.4) is 0 Å². The number of ether oxygens (including phenoxy) is 1. The minimum Gasteiger partial charge on any atom is -0.382 e. The topological polar surface area (TPSA) is 67.4 Å². The summed E-state index contributed by atoms with van der Waals surface area (Å²) < 4.78 is 30.4. The van der Waals surface area contributed by atoms with Crippen molar-refractivity contribution in [3.8, 4) is 0 Å². The molecule has 2 N–H and O–H groups in total. The van der Waals surface area contributed by atoms with E-state index in [2.05, 4.69) is 17.0 Å². The Labute approximate surface area is 114 Å². The van der Waals surface area contributed by atoms with Gasteiger partial charge in [0.2, 0.25) is 10.0 Å². The first-order valence-corrected chi connectivity index (χ1v) is 8.27. The first kappa shape index (κ1) is 14.1. The van der Waals surface area contributed by atoms with Crippen LogP contribution in [0.25, 0.3) is 0 Å². The van der Waals surface area contributed by atoms with E-state index in [4.69, 9.17) is 4.74 Å². The van der Waals surface area contributed by atoms with Gasteiger partial charge in [0.1, 0.15) is 0 Å². The van der Waals surface area contributed by atoms with Crippen molar-refractivity contribution in [2.75, 3.05) is 22.9 Å². The van der Waals surface area contributed by atoms with Crippen molar-refractivity contribution >= 4 is 21.4 Å². The average Bonchev–Trinajstić information content (AvgIpc) is 2.27. The highest BCUT2D eigenvalue weighted by Gasteiger charge is 2.19. The molecular weight excluding hydrogens is 264 g/mol. The largest absolute Gasteiger partial charge is 0.382 e. The third-order valence-corrected chi connectivity index (χ3v) is 3.63. The summed E-state index contributed by atoms with van der Waals surface area (Å²) in [5.74, 6) is 0. The van der Waals surface area contributed by atoms with Crippen LogP contribution in [-0.4, -0.2) is 33.4 Å². The van der Waals surface area contributed by atoms with E-state index in [-0.39, 0.29) is 6.10 Å². The van der Waals surface area contributed by atoms with Crippen LogP contribution < -0.4 is 10.0 Å². The van der Waals surface area contributed by atoms with Crippen molar-refractivity contribution in [2.24, 2.45) is 0 Å². The van der Waals surface area contributed by atoms with Crippen molar-refractivity contribution in [3.63, 3.8) is 0 Å². The van der Waals surface area contributed by atoms with Crippen molar-refractivity contribution in [1.82, 2.24) is 0 Å². The minimum absolute atomic E-state index is 0.267. The zero-order chi connectivity index (χ0) is 13.9. The third-order valence-electron chi connectivity index (χ3n) is 3.02. The Morgan fingerprint density at radius 2 is 2.05 bits per heavy atom. The summed E-state index contributed by atoms with van der Waals surface area (Å²) in [5.41, 5.74) is 1.50. The molecule has 5 nitrogen and oxygen atoms in total. The van der Waals surface area contributed by atoms with E-state index in [1.165, 1.54) is 0 Å². The third kappa shape index (κ3) is 4.72. The van der Waals surface area contributed by atoms with Gasteiger partial charge in [0.15, 0.2) is 0 Å². The standard InChI is InChI=1S/C13H20N2O3S/c1-10-8-12(6-7-18-10)14-11-4-3-5-13(9-11)15-19(2,16)17/h3-5,9-10,12,14-15H,6-8H2,1-2H3. The van der Waals surface area contributed by atoms with E-state index >= 15 is 0 Å². The van der Waals surface area contributed by atoms with Crippen LogP contribution in [-0.2, 0) is 14.8 Å². The number of benzene rings is 1. The lowest BCUT2D eigenvalue weighted by molar-refractivity contribution is 0.0232. The van der Waals surface area contributed by atoms with Gasteiger partial charge < -0.3 is 10.1 Å². The average molecular weight is 284 g/mol. The predicted octanol–water partition coefficient (Wildman–Crippen LogP) is 2.04. The van der Waals surface area contributed by atoms with E-state index in [0.717, 1.165) is 31.4 Å². The highest BCUT2D eigenvalue weighted by Crippen LogP contribution is 2.21. The van der Waals surface area contributed by atoms with Gasteiger partial charge in [-0.3, -0.25) is 4.72 Å². The van der Waals surface area contributed by atoms with Gasteiger partial charge in [0.05, 0.1) is 18.0 Å². The first-order chi connectivity index (χ1) is 8.92. The fourth-order valence-electron chi connectivity index (χ4n) is 2.25. The number of sulfonamides is 1. The van der Waals surface area contributed by atoms with Crippen molar-refractivity contribution < 1.29 is 13.2 Å². The summed E-state index contributed by atoms with van der Waals surface area (Å²) in [6, 6.07) is 7.68. The van der Waals surface area contributed by atoms with E-state index in [1.54, 1.807) is 12.1 Å². The lowest BCUT2D eigenvalue weighted by Gasteiger charge is -2.28. The Bertz CT molecular complexity index is 530. The number of hydrogen-bond acceptors (Lipinski definition) is 4. The van der Waals surface area contributed by atoms with E-state index < -0.39 is 10.0 Å². The Hall–Kier alpha value is -1.27.